The van der Waals surface area contributed by atoms with Gasteiger partial charge in [-0.1, -0.05) is 22.0 Å². The van der Waals surface area contributed by atoms with E-state index < -0.39 is 6.10 Å². The molecule has 1 aliphatic rings. The zero-order chi connectivity index (χ0) is 13.1. The number of carbonyl (C=O) groups is 1. The van der Waals surface area contributed by atoms with Gasteiger partial charge in [0, 0.05) is 15.4 Å². The van der Waals surface area contributed by atoms with Crippen molar-refractivity contribution >= 4 is 33.6 Å². The molecule has 18 heavy (non-hydrogen) atoms. The van der Waals surface area contributed by atoms with Crippen LogP contribution in [0.25, 0.3) is 0 Å². The Balaban J connectivity index is 1.88. The van der Waals surface area contributed by atoms with Crippen LogP contribution < -0.4 is 5.32 Å². The van der Waals surface area contributed by atoms with Gasteiger partial charge in [-0.05, 0) is 37.5 Å². The van der Waals surface area contributed by atoms with E-state index in [0.717, 1.165) is 27.8 Å². The third kappa shape index (κ3) is 4.00. The Morgan fingerprint density at radius 3 is 2.89 bits per heavy atom. The van der Waals surface area contributed by atoms with Gasteiger partial charge < -0.3 is 10.4 Å². The van der Waals surface area contributed by atoms with Crippen molar-refractivity contribution in [2.75, 3.05) is 5.75 Å². The number of amides is 1. The first-order valence-corrected chi connectivity index (χ1v) is 7.74. The number of aliphatic hydroxyl groups excluding tert-OH is 1. The number of halogens is 1. The molecule has 1 atom stereocenters. The van der Waals surface area contributed by atoms with Gasteiger partial charge >= 0.3 is 0 Å². The lowest BCUT2D eigenvalue weighted by atomic mass is 10.1. The molecule has 0 aliphatic heterocycles. The predicted octanol–water partition coefficient (Wildman–Crippen LogP) is 2.87. The molecule has 98 valence electrons. The Morgan fingerprint density at radius 1 is 1.61 bits per heavy atom. The summed E-state index contributed by atoms with van der Waals surface area (Å²) >= 11 is 4.94. The summed E-state index contributed by atoms with van der Waals surface area (Å²) in [5.41, 5.74) is 0.863. The van der Waals surface area contributed by atoms with Crippen molar-refractivity contribution in [1.29, 1.82) is 0 Å². The largest absolute Gasteiger partial charge is 0.389 e. The number of nitrogens with one attached hydrogen (secondary N) is 1. The van der Waals surface area contributed by atoms with Crippen molar-refractivity contribution in [3.8, 4) is 0 Å². The van der Waals surface area contributed by atoms with Gasteiger partial charge in [-0.25, -0.2) is 0 Å². The molecule has 1 amide bonds. The minimum atomic E-state index is -0.489. The molecule has 3 nitrogen and oxygen atoms in total. The Hall–Kier alpha value is -0.520. The quantitative estimate of drug-likeness (QED) is 0.816. The van der Waals surface area contributed by atoms with Gasteiger partial charge in [-0.3, -0.25) is 4.79 Å². The van der Waals surface area contributed by atoms with E-state index in [0.29, 0.717) is 11.8 Å². The van der Waals surface area contributed by atoms with E-state index in [1.54, 1.807) is 6.92 Å². The molecule has 2 N–H and O–H groups in total. The zero-order valence-electron chi connectivity index (χ0n) is 10.1. The molecular weight excluding hydrogens is 314 g/mol. The van der Waals surface area contributed by atoms with Crippen molar-refractivity contribution < 1.29 is 9.90 Å². The third-order valence-electron chi connectivity index (χ3n) is 2.73. The van der Waals surface area contributed by atoms with Crippen LogP contribution in [0.4, 0.5) is 0 Å². The van der Waals surface area contributed by atoms with Gasteiger partial charge in [-0.2, -0.15) is 0 Å². The lowest BCUT2D eigenvalue weighted by molar-refractivity contribution is -0.118. The number of benzene rings is 1. The van der Waals surface area contributed by atoms with Crippen molar-refractivity contribution in [2.45, 2.75) is 36.8 Å². The number of hydrogen-bond acceptors (Lipinski definition) is 3. The molecule has 0 heterocycles. The highest BCUT2D eigenvalue weighted by molar-refractivity contribution is 9.10. The highest BCUT2D eigenvalue weighted by atomic mass is 79.9. The van der Waals surface area contributed by atoms with Crippen LogP contribution in [-0.2, 0) is 4.79 Å². The molecule has 0 bridgehead atoms. The second-order valence-electron chi connectivity index (χ2n) is 4.49. The number of carbonyl (C=O) groups excluding carboxylic acids is 1. The zero-order valence-corrected chi connectivity index (χ0v) is 12.6. The van der Waals surface area contributed by atoms with Gasteiger partial charge in [0.1, 0.15) is 0 Å². The number of hydrogen-bond donors (Lipinski definition) is 2. The summed E-state index contributed by atoms with van der Waals surface area (Å²) in [5.74, 6) is 0.537. The monoisotopic (exact) mass is 329 g/mol. The molecule has 0 spiro atoms. The standard InChI is InChI=1S/C13H16BrNO2S/c1-8(16)11-5-4-10(6-12(11)14)18-7-13(17)15-9-2-3-9/h4-6,8-9,16H,2-3,7H2,1H3,(H,15,17). The molecule has 0 saturated heterocycles. The summed E-state index contributed by atoms with van der Waals surface area (Å²) in [7, 11) is 0. The first kappa shape index (κ1) is 13.9. The first-order chi connectivity index (χ1) is 8.56. The van der Waals surface area contributed by atoms with Crippen LogP contribution in [-0.4, -0.2) is 22.8 Å². The van der Waals surface area contributed by atoms with E-state index in [1.807, 2.05) is 18.2 Å². The molecule has 0 radical (unpaired) electrons. The molecular formula is C13H16BrNO2S. The maximum atomic E-state index is 11.5. The summed E-state index contributed by atoms with van der Waals surface area (Å²) in [6, 6.07) is 6.18. The van der Waals surface area contributed by atoms with E-state index in [4.69, 9.17) is 0 Å². The van der Waals surface area contributed by atoms with Gasteiger partial charge in [0.15, 0.2) is 0 Å². The molecule has 1 aliphatic carbocycles. The molecule has 1 fully saturated rings. The van der Waals surface area contributed by atoms with E-state index in [2.05, 4.69) is 21.2 Å². The average molecular weight is 330 g/mol. The van der Waals surface area contributed by atoms with E-state index >= 15 is 0 Å². The van der Waals surface area contributed by atoms with Gasteiger partial charge in [-0.15, -0.1) is 11.8 Å². The fourth-order valence-corrected chi connectivity index (χ4v) is 3.19. The maximum Gasteiger partial charge on any atom is 0.230 e. The van der Waals surface area contributed by atoms with Crippen LogP contribution in [0, 0.1) is 0 Å². The topological polar surface area (TPSA) is 49.3 Å². The van der Waals surface area contributed by atoms with Crippen molar-refractivity contribution in [1.82, 2.24) is 5.32 Å². The molecule has 1 unspecified atom stereocenters. The van der Waals surface area contributed by atoms with Crippen LogP contribution in [0.2, 0.25) is 0 Å². The van der Waals surface area contributed by atoms with Gasteiger partial charge in [0.05, 0.1) is 11.9 Å². The lowest BCUT2D eigenvalue weighted by Gasteiger charge is -2.09. The van der Waals surface area contributed by atoms with Crippen molar-refractivity contribution in [2.24, 2.45) is 0 Å². The summed E-state index contributed by atoms with van der Waals surface area (Å²) < 4.78 is 0.880. The Labute approximate surface area is 119 Å². The molecule has 0 aromatic heterocycles. The maximum absolute atomic E-state index is 11.5. The van der Waals surface area contributed by atoms with Crippen LogP contribution in [0.3, 0.4) is 0 Å². The molecule has 1 aromatic carbocycles. The third-order valence-corrected chi connectivity index (χ3v) is 4.41. The summed E-state index contributed by atoms with van der Waals surface area (Å²) in [5, 5.41) is 12.5. The second-order valence-corrected chi connectivity index (χ2v) is 6.39. The molecule has 1 saturated carbocycles. The highest BCUT2D eigenvalue weighted by Crippen LogP contribution is 2.29. The van der Waals surface area contributed by atoms with Crippen LogP contribution in [0.1, 0.15) is 31.4 Å². The Morgan fingerprint density at radius 2 is 2.33 bits per heavy atom. The van der Waals surface area contributed by atoms with Gasteiger partial charge in [0.2, 0.25) is 5.91 Å². The Kier molecular flexibility index (Phi) is 4.70. The summed E-state index contributed by atoms with van der Waals surface area (Å²) in [6.07, 6.45) is 1.74. The fraction of sp³-hybridized carbons (Fsp3) is 0.462. The van der Waals surface area contributed by atoms with E-state index in [-0.39, 0.29) is 5.91 Å². The minimum Gasteiger partial charge on any atom is -0.389 e. The summed E-state index contributed by atoms with van der Waals surface area (Å²) in [6.45, 7) is 1.73. The number of rotatable bonds is 5. The van der Waals surface area contributed by atoms with E-state index in [1.165, 1.54) is 11.8 Å². The first-order valence-electron chi connectivity index (χ1n) is 5.96. The Bertz CT molecular complexity index is 447. The predicted molar refractivity (Wildman–Crippen MR) is 76.7 cm³/mol. The van der Waals surface area contributed by atoms with E-state index in [9.17, 15) is 9.90 Å². The lowest BCUT2D eigenvalue weighted by Crippen LogP contribution is -2.26. The van der Waals surface area contributed by atoms with Crippen LogP contribution in [0.15, 0.2) is 27.6 Å². The van der Waals surface area contributed by atoms with Crippen molar-refractivity contribution in [3.63, 3.8) is 0 Å². The van der Waals surface area contributed by atoms with Crippen LogP contribution in [0.5, 0.6) is 0 Å². The fourth-order valence-electron chi connectivity index (χ4n) is 1.58. The normalized spacial score (nSPS) is 16.4. The molecule has 2 rings (SSSR count). The summed E-state index contributed by atoms with van der Waals surface area (Å²) in [4.78, 5) is 12.6. The smallest absolute Gasteiger partial charge is 0.230 e. The number of thioether (sulfide) groups is 1. The minimum absolute atomic E-state index is 0.0956. The van der Waals surface area contributed by atoms with Crippen LogP contribution >= 0.6 is 27.7 Å². The molecule has 1 aromatic rings. The average Bonchev–Trinajstić information content (AvgIpc) is 3.10. The van der Waals surface area contributed by atoms with Gasteiger partial charge in [0.25, 0.3) is 0 Å². The second kappa shape index (κ2) is 6.08. The molecule has 5 heteroatoms. The highest BCUT2D eigenvalue weighted by Gasteiger charge is 2.22. The number of aliphatic hydroxyl groups is 1. The SMILES string of the molecule is CC(O)c1ccc(SCC(=O)NC2CC2)cc1Br. The van der Waals surface area contributed by atoms with Crippen molar-refractivity contribution in [3.05, 3.63) is 28.2 Å².